The van der Waals surface area contributed by atoms with Crippen LogP contribution < -0.4 is 15.4 Å². The number of carbonyl (C=O) groups is 1. The number of ether oxygens (including phenoxy) is 1. The van der Waals surface area contributed by atoms with Crippen molar-refractivity contribution in [2.45, 2.75) is 57.5 Å². The molecule has 248 valence electrons. The standard InChI is InChI=1S/C34H30F7N3O3/c1-32(2)17-19(7-13-24-27(45)16-25(35)29(30(24)32)21-8-14-28(42-18-21)33(36,37)38)15-20-5-3-4-6-26(20)44-31(46)43-22-9-11-23(12-10-22)47-34(39,40)41/h3-6,8-12,14,16,18-19,45H,7,13,15,17H2,1-2H3,(H2,43,44,46). The number of pyridine rings is 1. The number of para-hydroxylation sites is 1. The summed E-state index contributed by atoms with van der Waals surface area (Å²) in [5.74, 6) is -1.43. The second-order valence-electron chi connectivity index (χ2n) is 12.0. The Kier molecular flexibility index (Phi) is 9.11. The number of phenols is 1. The van der Waals surface area contributed by atoms with Crippen molar-refractivity contribution in [3.05, 3.63) is 101 Å². The van der Waals surface area contributed by atoms with E-state index >= 15 is 4.39 Å². The molecule has 3 N–H and O–H groups in total. The summed E-state index contributed by atoms with van der Waals surface area (Å²) in [4.78, 5) is 16.3. The van der Waals surface area contributed by atoms with Gasteiger partial charge in [-0.2, -0.15) is 13.2 Å². The minimum atomic E-state index is -4.84. The summed E-state index contributed by atoms with van der Waals surface area (Å²) in [5, 5.41) is 16.2. The van der Waals surface area contributed by atoms with Crippen molar-refractivity contribution < 1.29 is 45.4 Å². The maximum absolute atomic E-state index is 15.5. The van der Waals surface area contributed by atoms with Crippen LogP contribution in [0.25, 0.3) is 11.1 Å². The molecular formula is C34H30F7N3O3. The minimum absolute atomic E-state index is 0.00868. The number of anilines is 2. The molecule has 2 amide bonds. The fourth-order valence-electron chi connectivity index (χ4n) is 6.27. The van der Waals surface area contributed by atoms with Crippen LogP contribution in [0.15, 0.2) is 72.9 Å². The SMILES string of the molecule is CC1(C)CC(Cc2ccccc2NC(=O)Nc2ccc(OC(F)(F)F)cc2)CCc2c(O)cc(F)c(-c3ccc(C(F)(F)F)nc3)c21. The molecule has 1 aliphatic carbocycles. The van der Waals surface area contributed by atoms with E-state index in [2.05, 4.69) is 20.4 Å². The molecule has 13 heteroatoms. The Hall–Kier alpha value is -4.81. The summed E-state index contributed by atoms with van der Waals surface area (Å²) in [7, 11) is 0. The first-order valence-electron chi connectivity index (χ1n) is 14.6. The lowest BCUT2D eigenvalue weighted by atomic mass is 9.73. The molecule has 5 rings (SSSR count). The lowest BCUT2D eigenvalue weighted by Gasteiger charge is -2.31. The normalized spacial score (nSPS) is 16.1. The molecule has 1 aromatic heterocycles. The predicted octanol–water partition coefficient (Wildman–Crippen LogP) is 9.63. The molecule has 47 heavy (non-hydrogen) atoms. The van der Waals surface area contributed by atoms with Crippen LogP contribution in [0.4, 0.5) is 46.9 Å². The smallest absolute Gasteiger partial charge is 0.508 e. The Bertz CT molecular complexity index is 1750. The molecule has 3 aromatic carbocycles. The van der Waals surface area contributed by atoms with E-state index in [0.29, 0.717) is 42.5 Å². The van der Waals surface area contributed by atoms with Gasteiger partial charge in [-0.1, -0.05) is 38.1 Å². The first-order chi connectivity index (χ1) is 22.0. The lowest BCUT2D eigenvalue weighted by Crippen LogP contribution is -2.24. The second kappa shape index (κ2) is 12.8. The Balaban J connectivity index is 1.35. The minimum Gasteiger partial charge on any atom is -0.508 e. The largest absolute Gasteiger partial charge is 0.573 e. The molecule has 0 saturated carbocycles. The van der Waals surface area contributed by atoms with Gasteiger partial charge >= 0.3 is 18.6 Å². The zero-order valence-electron chi connectivity index (χ0n) is 25.2. The molecule has 1 atom stereocenters. The summed E-state index contributed by atoms with van der Waals surface area (Å²) in [5.41, 5.74) is 1.02. The van der Waals surface area contributed by atoms with Crippen LogP contribution in [0.2, 0.25) is 0 Å². The molecule has 4 aromatic rings. The molecule has 0 radical (unpaired) electrons. The van der Waals surface area contributed by atoms with E-state index < -0.39 is 41.2 Å². The highest BCUT2D eigenvalue weighted by atomic mass is 19.4. The van der Waals surface area contributed by atoms with E-state index in [-0.39, 0.29) is 28.5 Å². The number of rotatable bonds is 6. The van der Waals surface area contributed by atoms with Crippen LogP contribution in [-0.4, -0.2) is 22.5 Å². The van der Waals surface area contributed by atoms with E-state index in [4.69, 9.17) is 0 Å². The quantitative estimate of drug-likeness (QED) is 0.142. The van der Waals surface area contributed by atoms with Crippen molar-refractivity contribution >= 4 is 17.4 Å². The molecule has 6 nitrogen and oxygen atoms in total. The number of carbonyl (C=O) groups excluding carboxylic acids is 1. The number of aromatic hydroxyl groups is 1. The Labute approximate surface area is 265 Å². The third kappa shape index (κ3) is 7.95. The number of hydrogen-bond donors (Lipinski definition) is 3. The summed E-state index contributed by atoms with van der Waals surface area (Å²) < 4.78 is 96.1. The van der Waals surface area contributed by atoms with Gasteiger partial charge in [0.25, 0.3) is 0 Å². The monoisotopic (exact) mass is 661 g/mol. The molecule has 0 aliphatic heterocycles. The molecule has 0 fully saturated rings. The predicted molar refractivity (Wildman–Crippen MR) is 162 cm³/mol. The van der Waals surface area contributed by atoms with E-state index in [1.54, 1.807) is 12.1 Å². The van der Waals surface area contributed by atoms with Gasteiger partial charge in [0.05, 0.1) is 0 Å². The Morgan fingerprint density at radius 1 is 1.00 bits per heavy atom. The number of nitrogens with one attached hydrogen (secondary N) is 2. The van der Waals surface area contributed by atoms with Crippen molar-refractivity contribution in [2.75, 3.05) is 10.6 Å². The summed E-state index contributed by atoms with van der Waals surface area (Å²) in [6, 6.07) is 14.1. The van der Waals surface area contributed by atoms with E-state index in [0.717, 1.165) is 36.0 Å². The van der Waals surface area contributed by atoms with Crippen LogP contribution in [0.1, 0.15) is 49.1 Å². The maximum Gasteiger partial charge on any atom is 0.573 e. The lowest BCUT2D eigenvalue weighted by molar-refractivity contribution is -0.274. The summed E-state index contributed by atoms with van der Waals surface area (Å²) in [6.45, 7) is 3.79. The van der Waals surface area contributed by atoms with Gasteiger partial charge in [0.1, 0.15) is 23.0 Å². The van der Waals surface area contributed by atoms with Crippen LogP contribution in [0.3, 0.4) is 0 Å². The fraction of sp³-hybridized carbons (Fsp3) is 0.294. The van der Waals surface area contributed by atoms with Crippen molar-refractivity contribution in [1.29, 1.82) is 0 Å². The molecule has 0 spiro atoms. The van der Waals surface area contributed by atoms with Gasteiger partial charge in [-0.25, -0.2) is 9.18 Å². The number of urea groups is 1. The molecule has 1 heterocycles. The highest BCUT2D eigenvalue weighted by Crippen LogP contribution is 2.48. The molecule has 1 unspecified atom stereocenters. The van der Waals surface area contributed by atoms with Crippen LogP contribution in [0, 0.1) is 11.7 Å². The van der Waals surface area contributed by atoms with Gasteiger partial charge in [-0.05, 0) is 90.1 Å². The molecular weight excluding hydrogens is 631 g/mol. The van der Waals surface area contributed by atoms with Gasteiger partial charge in [-0.15, -0.1) is 13.2 Å². The van der Waals surface area contributed by atoms with Crippen LogP contribution in [-0.2, 0) is 24.4 Å². The number of alkyl halides is 6. The van der Waals surface area contributed by atoms with Gasteiger partial charge < -0.3 is 20.5 Å². The highest BCUT2D eigenvalue weighted by Gasteiger charge is 2.37. The first-order valence-corrected chi connectivity index (χ1v) is 14.6. The molecule has 0 bridgehead atoms. The number of nitrogens with zero attached hydrogens (tertiary/aromatic N) is 1. The Morgan fingerprint density at radius 3 is 2.34 bits per heavy atom. The number of aromatic nitrogens is 1. The number of amides is 2. The number of benzene rings is 3. The second-order valence-corrected chi connectivity index (χ2v) is 12.0. The number of fused-ring (bicyclic) bond motifs is 1. The Morgan fingerprint density at radius 2 is 1.70 bits per heavy atom. The first kappa shape index (κ1) is 33.6. The number of hydrogen-bond acceptors (Lipinski definition) is 4. The van der Waals surface area contributed by atoms with E-state index in [9.17, 15) is 36.2 Å². The van der Waals surface area contributed by atoms with E-state index in [1.165, 1.54) is 18.2 Å². The fourth-order valence-corrected chi connectivity index (χ4v) is 6.27. The van der Waals surface area contributed by atoms with Crippen LogP contribution >= 0.6 is 0 Å². The van der Waals surface area contributed by atoms with Crippen molar-refractivity contribution in [3.8, 4) is 22.6 Å². The van der Waals surface area contributed by atoms with Crippen LogP contribution in [0.5, 0.6) is 11.5 Å². The van der Waals surface area contributed by atoms with Gasteiger partial charge in [0.15, 0.2) is 0 Å². The number of phenolic OH excluding ortho intramolecular Hbond substituents is 1. The van der Waals surface area contributed by atoms with Gasteiger partial charge in [0.2, 0.25) is 0 Å². The summed E-state index contributed by atoms with van der Waals surface area (Å²) in [6.07, 6.45) is -6.51. The molecule has 0 saturated heterocycles. The average molecular weight is 662 g/mol. The highest BCUT2D eigenvalue weighted by molar-refractivity contribution is 6.00. The van der Waals surface area contributed by atoms with Crippen molar-refractivity contribution in [1.82, 2.24) is 4.98 Å². The maximum atomic E-state index is 15.5. The average Bonchev–Trinajstić information content (AvgIpc) is 3.10. The van der Waals surface area contributed by atoms with Crippen molar-refractivity contribution in [3.63, 3.8) is 0 Å². The zero-order chi connectivity index (χ0) is 34.1. The zero-order valence-corrected chi connectivity index (χ0v) is 25.2. The third-order valence-electron chi connectivity index (χ3n) is 8.10. The summed E-state index contributed by atoms with van der Waals surface area (Å²) >= 11 is 0. The van der Waals surface area contributed by atoms with Crippen molar-refractivity contribution in [2.24, 2.45) is 5.92 Å². The third-order valence-corrected chi connectivity index (χ3v) is 8.10. The van der Waals surface area contributed by atoms with Gasteiger partial charge in [0, 0.05) is 34.8 Å². The van der Waals surface area contributed by atoms with Gasteiger partial charge in [-0.3, -0.25) is 4.98 Å². The van der Waals surface area contributed by atoms with E-state index in [1.807, 2.05) is 26.0 Å². The topological polar surface area (TPSA) is 83.5 Å². The number of halogens is 7. The molecule has 1 aliphatic rings.